The normalized spacial score (nSPS) is 10.8. The first kappa shape index (κ1) is 20.2. The molecule has 0 aliphatic rings. The molecular formula is C22H33NO. The highest BCUT2D eigenvalue weighted by Crippen LogP contribution is 2.10. The van der Waals surface area contributed by atoms with Gasteiger partial charge in [0.15, 0.2) is 0 Å². The molecule has 1 aromatic carbocycles. The summed E-state index contributed by atoms with van der Waals surface area (Å²) < 4.78 is 0. The Balaban J connectivity index is 1.89. The molecule has 1 aromatic rings. The minimum atomic E-state index is 0.722. The second-order valence-corrected chi connectivity index (χ2v) is 6.27. The van der Waals surface area contributed by atoms with Crippen LogP contribution in [0.1, 0.15) is 74.6 Å². The van der Waals surface area contributed by atoms with Gasteiger partial charge in [0, 0.05) is 17.8 Å². The molecule has 0 amide bonds. The largest absolute Gasteiger partial charge is 0.385 e. The summed E-state index contributed by atoms with van der Waals surface area (Å²) in [6.45, 7) is 4.72. The zero-order valence-electron chi connectivity index (χ0n) is 15.0. The summed E-state index contributed by atoms with van der Waals surface area (Å²) in [7, 11) is 0. The maximum Gasteiger partial charge on any atom is 0.150 e. The van der Waals surface area contributed by atoms with Gasteiger partial charge in [0.1, 0.15) is 6.29 Å². The van der Waals surface area contributed by atoms with Gasteiger partial charge < -0.3 is 5.32 Å². The van der Waals surface area contributed by atoms with Crippen molar-refractivity contribution < 1.29 is 4.79 Å². The SMILES string of the molecule is C=CCCCCCCCC/C=C/CCCNc1ccc(C=O)cc1. The molecule has 0 spiro atoms. The number of allylic oxidation sites excluding steroid dienone is 3. The van der Waals surface area contributed by atoms with E-state index in [4.69, 9.17) is 0 Å². The molecular weight excluding hydrogens is 294 g/mol. The number of nitrogens with one attached hydrogen (secondary N) is 1. The Kier molecular flexibility index (Phi) is 12.4. The van der Waals surface area contributed by atoms with Gasteiger partial charge in [0.05, 0.1) is 0 Å². The van der Waals surface area contributed by atoms with Gasteiger partial charge in [-0.1, -0.05) is 43.9 Å². The van der Waals surface area contributed by atoms with Crippen molar-refractivity contribution >= 4 is 12.0 Å². The maximum absolute atomic E-state index is 10.6. The quantitative estimate of drug-likeness (QED) is 0.225. The molecule has 0 heterocycles. The Labute approximate surface area is 148 Å². The van der Waals surface area contributed by atoms with Crippen LogP contribution in [0.3, 0.4) is 0 Å². The number of hydrogen-bond donors (Lipinski definition) is 1. The van der Waals surface area contributed by atoms with Crippen molar-refractivity contribution in [2.24, 2.45) is 0 Å². The van der Waals surface area contributed by atoms with Gasteiger partial charge in [-0.25, -0.2) is 0 Å². The number of unbranched alkanes of at least 4 members (excludes halogenated alkanes) is 8. The first-order valence-electron chi connectivity index (χ1n) is 9.42. The number of benzene rings is 1. The van der Waals surface area contributed by atoms with Crippen LogP contribution in [0.25, 0.3) is 0 Å². The smallest absolute Gasteiger partial charge is 0.150 e. The average molecular weight is 328 g/mol. The first-order valence-corrected chi connectivity index (χ1v) is 9.42. The van der Waals surface area contributed by atoms with Crippen LogP contribution in [0.2, 0.25) is 0 Å². The third-order valence-corrected chi connectivity index (χ3v) is 4.12. The molecule has 0 atom stereocenters. The van der Waals surface area contributed by atoms with Crippen molar-refractivity contribution in [2.75, 3.05) is 11.9 Å². The van der Waals surface area contributed by atoms with E-state index < -0.39 is 0 Å². The number of anilines is 1. The Morgan fingerprint density at radius 1 is 0.792 bits per heavy atom. The summed E-state index contributed by atoms with van der Waals surface area (Å²) in [4.78, 5) is 10.6. The van der Waals surface area contributed by atoms with Crippen LogP contribution in [-0.4, -0.2) is 12.8 Å². The second-order valence-electron chi connectivity index (χ2n) is 6.27. The summed E-state index contributed by atoms with van der Waals surface area (Å²) in [6.07, 6.45) is 20.3. The minimum Gasteiger partial charge on any atom is -0.385 e. The van der Waals surface area contributed by atoms with Crippen molar-refractivity contribution in [3.05, 3.63) is 54.6 Å². The average Bonchev–Trinajstić information content (AvgIpc) is 2.62. The summed E-state index contributed by atoms with van der Waals surface area (Å²) >= 11 is 0. The topological polar surface area (TPSA) is 29.1 Å². The third-order valence-electron chi connectivity index (χ3n) is 4.12. The van der Waals surface area contributed by atoms with Crippen molar-refractivity contribution in [3.8, 4) is 0 Å². The van der Waals surface area contributed by atoms with Crippen molar-refractivity contribution in [1.29, 1.82) is 0 Å². The molecule has 2 nitrogen and oxygen atoms in total. The van der Waals surface area contributed by atoms with E-state index in [1.165, 1.54) is 51.4 Å². The Hall–Kier alpha value is -1.83. The summed E-state index contributed by atoms with van der Waals surface area (Å²) in [5, 5.41) is 3.38. The van der Waals surface area contributed by atoms with Crippen LogP contribution >= 0.6 is 0 Å². The summed E-state index contributed by atoms with van der Waals surface area (Å²) in [5.74, 6) is 0. The maximum atomic E-state index is 10.6. The molecule has 0 fully saturated rings. The van der Waals surface area contributed by atoms with Gasteiger partial charge >= 0.3 is 0 Å². The molecule has 0 aliphatic heterocycles. The van der Waals surface area contributed by atoms with E-state index >= 15 is 0 Å². The van der Waals surface area contributed by atoms with Crippen LogP contribution in [0, 0.1) is 0 Å². The lowest BCUT2D eigenvalue weighted by Crippen LogP contribution is -2.00. The minimum absolute atomic E-state index is 0.722. The fraction of sp³-hybridized carbons (Fsp3) is 0.500. The van der Waals surface area contributed by atoms with Crippen LogP contribution in [0.5, 0.6) is 0 Å². The van der Waals surface area contributed by atoms with E-state index in [-0.39, 0.29) is 0 Å². The predicted octanol–water partition coefficient (Wildman–Crippen LogP) is 6.55. The lowest BCUT2D eigenvalue weighted by atomic mass is 10.1. The highest BCUT2D eigenvalue weighted by atomic mass is 16.1. The van der Waals surface area contributed by atoms with Crippen molar-refractivity contribution in [2.45, 2.75) is 64.2 Å². The molecule has 1 N–H and O–H groups in total. The third kappa shape index (κ3) is 10.8. The van der Waals surface area contributed by atoms with Gasteiger partial charge in [0.2, 0.25) is 0 Å². The molecule has 0 aliphatic carbocycles. The van der Waals surface area contributed by atoms with Gasteiger partial charge in [-0.2, -0.15) is 0 Å². The van der Waals surface area contributed by atoms with E-state index in [1.807, 2.05) is 30.3 Å². The lowest BCUT2D eigenvalue weighted by molar-refractivity contribution is 0.112. The van der Waals surface area contributed by atoms with E-state index in [2.05, 4.69) is 24.0 Å². The predicted molar refractivity (Wildman–Crippen MR) is 106 cm³/mol. The molecule has 24 heavy (non-hydrogen) atoms. The number of hydrogen-bond acceptors (Lipinski definition) is 2. The van der Waals surface area contributed by atoms with E-state index in [0.717, 1.165) is 36.9 Å². The van der Waals surface area contributed by atoms with Crippen LogP contribution in [0.15, 0.2) is 49.1 Å². The standard InChI is InChI=1S/C22H33NO/c1-2-3-4-5-6-7-8-9-10-11-12-13-14-19-23-22-17-15-21(20-24)16-18-22/h2,11-12,15-18,20,23H,1,3-10,13-14,19H2/b12-11+. The molecule has 2 heteroatoms. The molecule has 0 saturated heterocycles. The highest BCUT2D eigenvalue weighted by Gasteiger charge is 1.93. The number of rotatable bonds is 15. The monoisotopic (exact) mass is 327 g/mol. The van der Waals surface area contributed by atoms with Gasteiger partial charge in [-0.05, 0) is 62.8 Å². The molecule has 132 valence electrons. The van der Waals surface area contributed by atoms with E-state index in [0.29, 0.717) is 0 Å². The van der Waals surface area contributed by atoms with Crippen LogP contribution in [0.4, 0.5) is 5.69 Å². The van der Waals surface area contributed by atoms with E-state index in [9.17, 15) is 4.79 Å². The van der Waals surface area contributed by atoms with Crippen molar-refractivity contribution in [1.82, 2.24) is 0 Å². The van der Waals surface area contributed by atoms with Gasteiger partial charge in [-0.3, -0.25) is 4.79 Å². The second kappa shape index (κ2) is 14.7. The van der Waals surface area contributed by atoms with Crippen molar-refractivity contribution in [3.63, 3.8) is 0 Å². The highest BCUT2D eigenvalue weighted by molar-refractivity contribution is 5.75. The summed E-state index contributed by atoms with van der Waals surface area (Å²) in [6, 6.07) is 7.59. The molecule has 1 rings (SSSR count). The molecule has 0 unspecified atom stereocenters. The van der Waals surface area contributed by atoms with Crippen LogP contribution in [-0.2, 0) is 0 Å². The molecule has 0 radical (unpaired) electrons. The van der Waals surface area contributed by atoms with Crippen LogP contribution < -0.4 is 5.32 Å². The number of carbonyl (C=O) groups excluding carboxylic acids is 1. The fourth-order valence-electron chi connectivity index (χ4n) is 2.63. The number of aldehydes is 1. The zero-order valence-corrected chi connectivity index (χ0v) is 15.0. The number of carbonyl (C=O) groups is 1. The van der Waals surface area contributed by atoms with E-state index in [1.54, 1.807) is 0 Å². The Morgan fingerprint density at radius 3 is 2.00 bits per heavy atom. The molecule has 0 saturated carbocycles. The molecule has 0 bridgehead atoms. The fourth-order valence-corrected chi connectivity index (χ4v) is 2.63. The Morgan fingerprint density at radius 2 is 1.38 bits per heavy atom. The Bertz CT molecular complexity index is 461. The lowest BCUT2D eigenvalue weighted by Gasteiger charge is -2.05. The zero-order chi connectivity index (χ0) is 17.3. The first-order chi connectivity index (χ1) is 11.9. The summed E-state index contributed by atoms with van der Waals surface area (Å²) in [5.41, 5.74) is 1.80. The van der Waals surface area contributed by atoms with Gasteiger partial charge in [-0.15, -0.1) is 6.58 Å². The van der Waals surface area contributed by atoms with Gasteiger partial charge in [0.25, 0.3) is 0 Å². The molecule has 0 aromatic heterocycles.